The van der Waals surface area contributed by atoms with Crippen molar-refractivity contribution in [1.82, 2.24) is 15.0 Å². The average molecular weight is 483 g/mol. The minimum Gasteiger partial charge on any atom is -0.489 e. The van der Waals surface area contributed by atoms with Crippen molar-refractivity contribution in [3.63, 3.8) is 0 Å². The SMILES string of the molecule is Cc1cccc(-c2noc(CN3CCCC(C(=O)Nc4ccc(OCc5ccccc5)cc4)C3)n2)c1. The summed E-state index contributed by atoms with van der Waals surface area (Å²) >= 11 is 0. The summed E-state index contributed by atoms with van der Waals surface area (Å²) in [6.07, 6.45) is 1.81. The van der Waals surface area contributed by atoms with E-state index in [1.165, 1.54) is 0 Å². The monoisotopic (exact) mass is 482 g/mol. The molecule has 7 nitrogen and oxygen atoms in total. The Morgan fingerprint density at radius 2 is 1.92 bits per heavy atom. The van der Waals surface area contributed by atoms with E-state index in [2.05, 4.69) is 20.4 Å². The quantitative estimate of drug-likeness (QED) is 0.358. The van der Waals surface area contributed by atoms with E-state index >= 15 is 0 Å². The van der Waals surface area contributed by atoms with E-state index in [1.54, 1.807) is 0 Å². The van der Waals surface area contributed by atoms with Crippen LogP contribution in [0, 0.1) is 12.8 Å². The number of aromatic nitrogens is 2. The van der Waals surface area contributed by atoms with Crippen LogP contribution < -0.4 is 10.1 Å². The summed E-state index contributed by atoms with van der Waals surface area (Å²) in [6.45, 7) is 4.65. The molecule has 0 bridgehead atoms. The summed E-state index contributed by atoms with van der Waals surface area (Å²) in [7, 11) is 0. The Bertz CT molecular complexity index is 1290. The molecule has 1 N–H and O–H groups in total. The topological polar surface area (TPSA) is 80.5 Å². The molecule has 1 aliphatic heterocycles. The van der Waals surface area contributed by atoms with Gasteiger partial charge in [-0.2, -0.15) is 4.98 Å². The third-order valence-corrected chi connectivity index (χ3v) is 6.35. The van der Waals surface area contributed by atoms with Gasteiger partial charge in [0.25, 0.3) is 0 Å². The highest BCUT2D eigenvalue weighted by Crippen LogP contribution is 2.23. The van der Waals surface area contributed by atoms with Crippen LogP contribution in [-0.2, 0) is 17.9 Å². The molecule has 1 aliphatic rings. The van der Waals surface area contributed by atoms with Crippen molar-refractivity contribution in [3.8, 4) is 17.1 Å². The number of nitrogens with zero attached hydrogens (tertiary/aromatic N) is 3. The predicted molar refractivity (Wildman–Crippen MR) is 138 cm³/mol. The smallest absolute Gasteiger partial charge is 0.241 e. The molecule has 1 saturated heterocycles. The van der Waals surface area contributed by atoms with E-state index in [-0.39, 0.29) is 11.8 Å². The molecule has 5 rings (SSSR count). The molecule has 36 heavy (non-hydrogen) atoms. The van der Waals surface area contributed by atoms with Gasteiger partial charge in [0.2, 0.25) is 17.6 Å². The molecule has 1 aromatic heterocycles. The number of nitrogens with one attached hydrogen (secondary N) is 1. The first-order valence-electron chi connectivity index (χ1n) is 12.3. The Balaban J connectivity index is 1.12. The Morgan fingerprint density at radius 1 is 1.08 bits per heavy atom. The molecule has 7 heteroatoms. The van der Waals surface area contributed by atoms with E-state index in [4.69, 9.17) is 9.26 Å². The molecule has 0 radical (unpaired) electrons. The number of aryl methyl sites for hydroxylation is 1. The standard InChI is InChI=1S/C29H30N4O3/c1-21-7-5-10-23(17-21)28-31-27(36-32-28)19-33-16-6-11-24(18-33)29(34)30-25-12-14-26(15-13-25)35-20-22-8-3-2-4-9-22/h2-5,7-10,12-15,17,24H,6,11,16,18-20H2,1H3,(H,30,34). The lowest BCUT2D eigenvalue weighted by molar-refractivity contribution is -0.121. The van der Waals surface area contributed by atoms with Crippen LogP contribution >= 0.6 is 0 Å². The third kappa shape index (κ3) is 6.17. The van der Waals surface area contributed by atoms with Crippen molar-refractivity contribution < 1.29 is 14.1 Å². The second-order valence-electron chi connectivity index (χ2n) is 9.24. The van der Waals surface area contributed by atoms with Gasteiger partial charge in [-0.25, -0.2) is 0 Å². The number of carbonyl (C=O) groups is 1. The summed E-state index contributed by atoms with van der Waals surface area (Å²) in [5.74, 6) is 1.87. The minimum atomic E-state index is -0.0908. The fourth-order valence-electron chi connectivity index (χ4n) is 4.44. The Hall–Kier alpha value is -3.97. The molecular formula is C29H30N4O3. The molecular weight excluding hydrogens is 452 g/mol. The molecule has 0 saturated carbocycles. The van der Waals surface area contributed by atoms with Crippen molar-refractivity contribution in [2.75, 3.05) is 18.4 Å². The normalized spacial score (nSPS) is 16.0. The molecule has 1 atom stereocenters. The number of hydrogen-bond acceptors (Lipinski definition) is 6. The predicted octanol–water partition coefficient (Wildman–Crippen LogP) is 5.47. The lowest BCUT2D eigenvalue weighted by Crippen LogP contribution is -2.40. The van der Waals surface area contributed by atoms with Gasteiger partial charge >= 0.3 is 0 Å². The third-order valence-electron chi connectivity index (χ3n) is 6.35. The molecule has 1 fully saturated rings. The van der Waals surface area contributed by atoms with Gasteiger partial charge in [0.15, 0.2) is 0 Å². The number of ether oxygens (including phenoxy) is 1. The molecule has 1 unspecified atom stereocenters. The van der Waals surface area contributed by atoms with Crippen LogP contribution in [0.3, 0.4) is 0 Å². The van der Waals surface area contributed by atoms with E-state index < -0.39 is 0 Å². The summed E-state index contributed by atoms with van der Waals surface area (Å²) in [5.41, 5.74) is 3.97. The van der Waals surface area contributed by atoms with Gasteiger partial charge in [-0.3, -0.25) is 9.69 Å². The summed E-state index contributed by atoms with van der Waals surface area (Å²) in [4.78, 5) is 19.7. The fraction of sp³-hybridized carbons (Fsp3) is 0.276. The highest BCUT2D eigenvalue weighted by molar-refractivity contribution is 5.92. The van der Waals surface area contributed by atoms with Gasteiger partial charge in [0.05, 0.1) is 12.5 Å². The van der Waals surface area contributed by atoms with E-state index in [1.807, 2.05) is 85.8 Å². The van der Waals surface area contributed by atoms with Crippen LogP contribution in [0.5, 0.6) is 5.75 Å². The number of carbonyl (C=O) groups excluding carboxylic acids is 1. The molecule has 1 amide bonds. The van der Waals surface area contributed by atoms with E-state index in [9.17, 15) is 4.79 Å². The van der Waals surface area contributed by atoms with Gasteiger partial charge in [0, 0.05) is 17.8 Å². The number of hydrogen-bond donors (Lipinski definition) is 1. The van der Waals surface area contributed by atoms with Crippen molar-refractivity contribution in [2.45, 2.75) is 32.9 Å². The molecule has 3 aromatic carbocycles. The van der Waals surface area contributed by atoms with Crippen LogP contribution in [0.1, 0.15) is 29.9 Å². The second kappa shape index (κ2) is 11.2. The van der Waals surface area contributed by atoms with Crippen molar-refractivity contribution >= 4 is 11.6 Å². The lowest BCUT2D eigenvalue weighted by Gasteiger charge is -2.30. The Kier molecular flexibility index (Phi) is 7.38. The number of amides is 1. The van der Waals surface area contributed by atoms with Crippen LogP contribution in [0.25, 0.3) is 11.4 Å². The number of likely N-dealkylation sites (tertiary alicyclic amines) is 1. The second-order valence-corrected chi connectivity index (χ2v) is 9.24. The zero-order valence-electron chi connectivity index (χ0n) is 20.4. The minimum absolute atomic E-state index is 0.0311. The summed E-state index contributed by atoms with van der Waals surface area (Å²) in [6, 6.07) is 25.6. The first-order valence-corrected chi connectivity index (χ1v) is 12.3. The number of benzene rings is 3. The summed E-state index contributed by atoms with van der Waals surface area (Å²) < 4.78 is 11.3. The molecule has 0 spiro atoms. The molecule has 184 valence electrons. The van der Waals surface area contributed by atoms with E-state index in [0.29, 0.717) is 31.4 Å². The van der Waals surface area contributed by atoms with Crippen molar-refractivity contribution in [3.05, 3.63) is 95.9 Å². The first-order chi connectivity index (χ1) is 17.6. The number of rotatable bonds is 8. The summed E-state index contributed by atoms with van der Waals surface area (Å²) in [5, 5.41) is 7.19. The zero-order chi connectivity index (χ0) is 24.7. The van der Waals surface area contributed by atoms with Gasteiger partial charge in [-0.1, -0.05) is 59.3 Å². The zero-order valence-corrected chi connectivity index (χ0v) is 20.4. The average Bonchev–Trinajstić information content (AvgIpc) is 3.37. The lowest BCUT2D eigenvalue weighted by atomic mass is 9.97. The van der Waals surface area contributed by atoms with E-state index in [0.717, 1.165) is 47.5 Å². The number of piperidine rings is 1. The van der Waals surface area contributed by atoms with Crippen molar-refractivity contribution in [1.29, 1.82) is 0 Å². The Labute approximate surface area is 211 Å². The van der Waals surface area contributed by atoms with Crippen LogP contribution in [0.15, 0.2) is 83.4 Å². The van der Waals surface area contributed by atoms with Gasteiger partial charge in [-0.05, 0) is 62.2 Å². The number of anilines is 1. The van der Waals surface area contributed by atoms with Gasteiger partial charge < -0.3 is 14.6 Å². The molecule has 2 heterocycles. The maximum Gasteiger partial charge on any atom is 0.241 e. The van der Waals surface area contributed by atoms with Crippen LogP contribution in [-0.4, -0.2) is 34.0 Å². The highest BCUT2D eigenvalue weighted by atomic mass is 16.5. The fourth-order valence-corrected chi connectivity index (χ4v) is 4.44. The van der Waals surface area contributed by atoms with Gasteiger partial charge in [-0.15, -0.1) is 0 Å². The maximum atomic E-state index is 13.0. The van der Waals surface area contributed by atoms with Gasteiger partial charge in [0.1, 0.15) is 12.4 Å². The van der Waals surface area contributed by atoms with Crippen LogP contribution in [0.2, 0.25) is 0 Å². The molecule has 0 aliphatic carbocycles. The largest absolute Gasteiger partial charge is 0.489 e. The highest BCUT2D eigenvalue weighted by Gasteiger charge is 2.27. The maximum absolute atomic E-state index is 13.0. The van der Waals surface area contributed by atoms with Crippen molar-refractivity contribution in [2.24, 2.45) is 5.92 Å². The molecule has 4 aromatic rings. The Morgan fingerprint density at radius 3 is 2.72 bits per heavy atom. The first kappa shape index (κ1) is 23.8. The van der Waals surface area contributed by atoms with Crippen LogP contribution in [0.4, 0.5) is 5.69 Å².